The zero-order chi connectivity index (χ0) is 10.6. The van der Waals surface area contributed by atoms with Gasteiger partial charge in [-0.05, 0) is 7.05 Å². The highest BCUT2D eigenvalue weighted by atomic mass is 19.3. The standard InChI is InChI=1S/C10H11F2NO/c1-13-6-9(14)7-4-2-3-5-8(7)10(11)12/h2-5,10,13H,6H2,1H3. The summed E-state index contributed by atoms with van der Waals surface area (Å²) in [5.74, 6) is -0.316. The fraction of sp³-hybridized carbons (Fsp3) is 0.300. The molecule has 1 aromatic rings. The van der Waals surface area contributed by atoms with Gasteiger partial charge in [0, 0.05) is 11.1 Å². The first kappa shape index (κ1) is 10.8. The van der Waals surface area contributed by atoms with Crippen LogP contribution in [0.2, 0.25) is 0 Å². The first-order valence-corrected chi connectivity index (χ1v) is 4.21. The molecule has 0 aliphatic heterocycles. The molecule has 0 fully saturated rings. The molecule has 0 atom stereocenters. The maximum absolute atomic E-state index is 12.5. The van der Waals surface area contributed by atoms with Gasteiger partial charge in [0.05, 0.1) is 6.54 Å². The number of likely N-dealkylation sites (N-methyl/N-ethyl adjacent to an activating group) is 1. The molecule has 0 unspecified atom stereocenters. The van der Waals surface area contributed by atoms with Crippen molar-refractivity contribution >= 4 is 5.78 Å². The van der Waals surface area contributed by atoms with E-state index in [2.05, 4.69) is 5.32 Å². The lowest BCUT2D eigenvalue weighted by molar-refractivity contribution is 0.0979. The zero-order valence-electron chi connectivity index (χ0n) is 7.76. The molecule has 1 N–H and O–H groups in total. The van der Waals surface area contributed by atoms with Crippen LogP contribution in [0, 0.1) is 0 Å². The number of alkyl halides is 2. The van der Waals surface area contributed by atoms with Crippen LogP contribution in [-0.4, -0.2) is 19.4 Å². The van der Waals surface area contributed by atoms with Crippen LogP contribution in [0.15, 0.2) is 24.3 Å². The summed E-state index contributed by atoms with van der Waals surface area (Å²) in [6.07, 6.45) is -2.60. The third-order valence-corrected chi connectivity index (χ3v) is 1.83. The van der Waals surface area contributed by atoms with Gasteiger partial charge in [-0.25, -0.2) is 8.78 Å². The van der Waals surface area contributed by atoms with Crippen molar-refractivity contribution in [2.24, 2.45) is 0 Å². The van der Waals surface area contributed by atoms with E-state index >= 15 is 0 Å². The molecule has 0 aromatic heterocycles. The Balaban J connectivity index is 3.00. The van der Waals surface area contributed by atoms with Crippen molar-refractivity contribution < 1.29 is 13.6 Å². The number of hydrogen-bond donors (Lipinski definition) is 1. The normalized spacial score (nSPS) is 10.6. The summed E-state index contributed by atoms with van der Waals surface area (Å²) in [4.78, 5) is 11.4. The Labute approximate surface area is 80.9 Å². The maximum atomic E-state index is 12.5. The second-order valence-electron chi connectivity index (χ2n) is 2.84. The molecule has 0 spiro atoms. The fourth-order valence-electron chi connectivity index (χ4n) is 1.20. The Bertz CT molecular complexity index is 326. The summed E-state index contributed by atoms with van der Waals surface area (Å²) in [6, 6.07) is 5.77. The maximum Gasteiger partial charge on any atom is 0.264 e. The van der Waals surface area contributed by atoms with Crippen LogP contribution in [0.3, 0.4) is 0 Å². The summed E-state index contributed by atoms with van der Waals surface area (Å²) in [5, 5.41) is 2.64. The number of Topliss-reactive ketones (excluding diaryl/α,β-unsaturated/α-hetero) is 1. The van der Waals surface area contributed by atoms with Crippen LogP contribution in [0.25, 0.3) is 0 Å². The first-order valence-electron chi connectivity index (χ1n) is 4.21. The molecule has 0 saturated heterocycles. The molecule has 0 aliphatic rings. The van der Waals surface area contributed by atoms with E-state index in [0.717, 1.165) is 0 Å². The van der Waals surface area contributed by atoms with Crippen molar-refractivity contribution in [3.63, 3.8) is 0 Å². The molecule has 0 amide bonds. The number of halogens is 2. The van der Waals surface area contributed by atoms with Crippen LogP contribution < -0.4 is 5.32 Å². The Morgan fingerprint density at radius 3 is 2.64 bits per heavy atom. The van der Waals surface area contributed by atoms with E-state index in [1.165, 1.54) is 18.2 Å². The van der Waals surface area contributed by atoms with Gasteiger partial charge in [-0.1, -0.05) is 24.3 Å². The summed E-state index contributed by atoms with van der Waals surface area (Å²) in [7, 11) is 1.60. The van der Waals surface area contributed by atoms with Gasteiger partial charge in [0.2, 0.25) is 0 Å². The highest BCUT2D eigenvalue weighted by Crippen LogP contribution is 2.22. The van der Waals surface area contributed by atoms with E-state index in [4.69, 9.17) is 0 Å². The first-order chi connectivity index (χ1) is 6.66. The van der Waals surface area contributed by atoms with Gasteiger partial charge in [-0.15, -0.1) is 0 Å². The van der Waals surface area contributed by atoms with Gasteiger partial charge >= 0.3 is 0 Å². The van der Waals surface area contributed by atoms with Crippen molar-refractivity contribution in [2.75, 3.05) is 13.6 Å². The predicted molar refractivity (Wildman–Crippen MR) is 49.7 cm³/mol. The third kappa shape index (κ3) is 2.35. The van der Waals surface area contributed by atoms with Gasteiger partial charge in [-0.3, -0.25) is 4.79 Å². The van der Waals surface area contributed by atoms with Crippen LogP contribution in [0.5, 0.6) is 0 Å². The second-order valence-corrected chi connectivity index (χ2v) is 2.84. The van der Waals surface area contributed by atoms with Crippen molar-refractivity contribution in [3.8, 4) is 0 Å². The number of carbonyl (C=O) groups excluding carboxylic acids is 1. The Hall–Kier alpha value is -1.29. The summed E-state index contributed by atoms with van der Waals surface area (Å²) >= 11 is 0. The van der Waals surface area contributed by atoms with E-state index in [9.17, 15) is 13.6 Å². The van der Waals surface area contributed by atoms with E-state index in [-0.39, 0.29) is 23.5 Å². The fourth-order valence-corrected chi connectivity index (χ4v) is 1.20. The molecule has 0 heterocycles. The molecule has 1 rings (SSSR count). The lowest BCUT2D eigenvalue weighted by Crippen LogP contribution is -2.19. The molecule has 0 radical (unpaired) electrons. The number of rotatable bonds is 4. The molecule has 1 aromatic carbocycles. The molecule has 14 heavy (non-hydrogen) atoms. The Morgan fingerprint density at radius 2 is 2.07 bits per heavy atom. The average Bonchev–Trinajstić information content (AvgIpc) is 2.18. The van der Waals surface area contributed by atoms with Crippen molar-refractivity contribution in [1.82, 2.24) is 5.32 Å². The molecule has 76 valence electrons. The second kappa shape index (κ2) is 4.81. The molecule has 2 nitrogen and oxygen atoms in total. The quantitative estimate of drug-likeness (QED) is 0.752. The number of benzene rings is 1. The third-order valence-electron chi connectivity index (χ3n) is 1.83. The van der Waals surface area contributed by atoms with Gasteiger partial charge in [0.25, 0.3) is 6.43 Å². The molecular weight excluding hydrogens is 188 g/mol. The predicted octanol–water partition coefficient (Wildman–Crippen LogP) is 2.03. The summed E-state index contributed by atoms with van der Waals surface area (Å²) < 4.78 is 24.9. The number of ketones is 1. The highest BCUT2D eigenvalue weighted by Gasteiger charge is 2.16. The number of carbonyl (C=O) groups is 1. The molecule has 0 saturated carbocycles. The number of hydrogen-bond acceptors (Lipinski definition) is 2. The van der Waals surface area contributed by atoms with Gasteiger partial charge < -0.3 is 5.32 Å². The van der Waals surface area contributed by atoms with Crippen LogP contribution in [0.1, 0.15) is 22.3 Å². The largest absolute Gasteiger partial charge is 0.313 e. The lowest BCUT2D eigenvalue weighted by atomic mass is 10.0. The SMILES string of the molecule is CNCC(=O)c1ccccc1C(F)F. The smallest absolute Gasteiger partial charge is 0.264 e. The minimum atomic E-state index is -2.60. The number of nitrogens with one attached hydrogen (secondary N) is 1. The average molecular weight is 199 g/mol. The topological polar surface area (TPSA) is 29.1 Å². The lowest BCUT2D eigenvalue weighted by Gasteiger charge is -2.06. The molecule has 4 heteroatoms. The van der Waals surface area contributed by atoms with Crippen molar-refractivity contribution in [1.29, 1.82) is 0 Å². The monoisotopic (exact) mass is 199 g/mol. The van der Waals surface area contributed by atoms with Crippen molar-refractivity contribution in [2.45, 2.75) is 6.43 Å². The summed E-state index contributed by atoms with van der Waals surface area (Å²) in [6.45, 7) is 0.0731. The van der Waals surface area contributed by atoms with Gasteiger partial charge in [-0.2, -0.15) is 0 Å². The van der Waals surface area contributed by atoms with Gasteiger partial charge in [0.15, 0.2) is 5.78 Å². The molecule has 0 bridgehead atoms. The van der Waals surface area contributed by atoms with Crippen LogP contribution >= 0.6 is 0 Å². The molecule has 0 aliphatic carbocycles. The zero-order valence-corrected chi connectivity index (χ0v) is 7.76. The minimum Gasteiger partial charge on any atom is -0.313 e. The van der Waals surface area contributed by atoms with E-state index in [1.54, 1.807) is 13.1 Å². The van der Waals surface area contributed by atoms with E-state index in [0.29, 0.717) is 0 Å². The molecular formula is C10H11F2NO. The van der Waals surface area contributed by atoms with E-state index in [1.807, 2.05) is 0 Å². The highest BCUT2D eigenvalue weighted by molar-refractivity contribution is 5.99. The Kier molecular flexibility index (Phi) is 3.71. The minimum absolute atomic E-state index is 0.0731. The van der Waals surface area contributed by atoms with Crippen LogP contribution in [-0.2, 0) is 0 Å². The van der Waals surface area contributed by atoms with Gasteiger partial charge in [0.1, 0.15) is 0 Å². The van der Waals surface area contributed by atoms with E-state index < -0.39 is 6.43 Å². The van der Waals surface area contributed by atoms with Crippen LogP contribution in [0.4, 0.5) is 8.78 Å². The Morgan fingerprint density at radius 1 is 1.43 bits per heavy atom. The van der Waals surface area contributed by atoms with Crippen molar-refractivity contribution in [3.05, 3.63) is 35.4 Å². The summed E-state index contributed by atoms with van der Waals surface area (Å²) in [5.41, 5.74) is -0.107.